The Morgan fingerprint density at radius 2 is 2.00 bits per heavy atom. The van der Waals surface area contributed by atoms with Gasteiger partial charge in [-0.1, -0.05) is 5.16 Å². The molecule has 0 saturated carbocycles. The SMILES string of the molecule is CCOC(=O)c1ccc(NC(=O)Cc2nonc2N)cc1. The van der Waals surface area contributed by atoms with Gasteiger partial charge in [-0.3, -0.25) is 4.79 Å². The van der Waals surface area contributed by atoms with Gasteiger partial charge in [0, 0.05) is 5.69 Å². The lowest BCUT2D eigenvalue weighted by Crippen LogP contribution is -2.15. The summed E-state index contributed by atoms with van der Waals surface area (Å²) in [6, 6.07) is 6.35. The molecule has 1 aromatic heterocycles. The van der Waals surface area contributed by atoms with Crippen LogP contribution in [0.2, 0.25) is 0 Å². The maximum atomic E-state index is 11.8. The number of carbonyl (C=O) groups is 2. The van der Waals surface area contributed by atoms with Crippen molar-refractivity contribution in [2.45, 2.75) is 13.3 Å². The summed E-state index contributed by atoms with van der Waals surface area (Å²) in [4.78, 5) is 23.3. The number of aromatic nitrogens is 2. The van der Waals surface area contributed by atoms with Gasteiger partial charge < -0.3 is 15.8 Å². The molecule has 0 fully saturated rings. The molecular weight excluding hydrogens is 276 g/mol. The van der Waals surface area contributed by atoms with E-state index in [1.54, 1.807) is 31.2 Å². The Morgan fingerprint density at radius 3 is 2.57 bits per heavy atom. The van der Waals surface area contributed by atoms with Crippen LogP contribution in [0.4, 0.5) is 11.5 Å². The second kappa shape index (κ2) is 6.51. The molecule has 0 radical (unpaired) electrons. The van der Waals surface area contributed by atoms with Crippen LogP contribution in [0.25, 0.3) is 0 Å². The summed E-state index contributed by atoms with van der Waals surface area (Å²) in [6.45, 7) is 2.04. The fraction of sp³-hybridized carbons (Fsp3) is 0.231. The number of hydrogen-bond acceptors (Lipinski definition) is 7. The van der Waals surface area contributed by atoms with Crippen LogP contribution in [-0.2, 0) is 16.0 Å². The maximum Gasteiger partial charge on any atom is 0.338 e. The molecule has 110 valence electrons. The Kier molecular flexibility index (Phi) is 4.50. The van der Waals surface area contributed by atoms with E-state index in [0.29, 0.717) is 17.9 Å². The van der Waals surface area contributed by atoms with E-state index < -0.39 is 5.97 Å². The van der Waals surface area contributed by atoms with Gasteiger partial charge >= 0.3 is 5.97 Å². The van der Waals surface area contributed by atoms with Crippen LogP contribution in [0, 0.1) is 0 Å². The van der Waals surface area contributed by atoms with Crippen LogP contribution in [0.3, 0.4) is 0 Å². The van der Waals surface area contributed by atoms with Gasteiger partial charge in [-0.05, 0) is 36.3 Å². The number of nitrogens with one attached hydrogen (secondary N) is 1. The van der Waals surface area contributed by atoms with E-state index in [1.807, 2.05) is 0 Å². The van der Waals surface area contributed by atoms with Crippen molar-refractivity contribution >= 4 is 23.4 Å². The summed E-state index contributed by atoms with van der Waals surface area (Å²) >= 11 is 0. The van der Waals surface area contributed by atoms with Crippen LogP contribution >= 0.6 is 0 Å². The first-order valence-corrected chi connectivity index (χ1v) is 6.24. The predicted molar refractivity (Wildman–Crippen MR) is 73.4 cm³/mol. The number of carbonyl (C=O) groups excluding carboxylic acids is 2. The highest BCUT2D eigenvalue weighted by Gasteiger charge is 2.12. The molecule has 1 amide bonds. The van der Waals surface area contributed by atoms with E-state index in [2.05, 4.69) is 20.3 Å². The number of amides is 1. The van der Waals surface area contributed by atoms with Gasteiger partial charge in [0.15, 0.2) is 5.82 Å². The monoisotopic (exact) mass is 290 g/mol. The third-order valence-corrected chi connectivity index (χ3v) is 2.59. The van der Waals surface area contributed by atoms with Gasteiger partial charge in [-0.15, -0.1) is 0 Å². The first kappa shape index (κ1) is 14.5. The second-order valence-electron chi connectivity index (χ2n) is 4.12. The quantitative estimate of drug-likeness (QED) is 0.788. The Labute approximate surface area is 120 Å². The number of ether oxygens (including phenoxy) is 1. The summed E-state index contributed by atoms with van der Waals surface area (Å²) in [6.07, 6.45) is -0.0467. The Balaban J connectivity index is 1.95. The van der Waals surface area contributed by atoms with Crippen molar-refractivity contribution in [2.75, 3.05) is 17.7 Å². The van der Waals surface area contributed by atoms with E-state index in [9.17, 15) is 9.59 Å². The molecule has 21 heavy (non-hydrogen) atoms. The second-order valence-corrected chi connectivity index (χ2v) is 4.12. The van der Waals surface area contributed by atoms with E-state index in [1.165, 1.54) is 0 Å². The molecule has 1 aromatic carbocycles. The first-order valence-electron chi connectivity index (χ1n) is 6.24. The summed E-state index contributed by atoms with van der Waals surface area (Å²) in [7, 11) is 0. The molecule has 3 N–H and O–H groups in total. The highest BCUT2D eigenvalue weighted by Crippen LogP contribution is 2.12. The molecule has 0 saturated heterocycles. The van der Waals surface area contributed by atoms with E-state index in [0.717, 1.165) is 0 Å². The average molecular weight is 290 g/mol. The minimum atomic E-state index is -0.406. The van der Waals surface area contributed by atoms with Crippen molar-refractivity contribution in [3.8, 4) is 0 Å². The van der Waals surface area contributed by atoms with Crippen molar-refractivity contribution < 1.29 is 19.0 Å². The smallest absolute Gasteiger partial charge is 0.338 e. The molecule has 2 rings (SSSR count). The molecule has 0 aliphatic carbocycles. The highest BCUT2D eigenvalue weighted by atomic mass is 16.6. The summed E-state index contributed by atoms with van der Waals surface area (Å²) in [5, 5.41) is 9.56. The van der Waals surface area contributed by atoms with Gasteiger partial charge in [0.05, 0.1) is 18.6 Å². The predicted octanol–water partition coefficient (Wildman–Crippen LogP) is 1.01. The van der Waals surface area contributed by atoms with E-state index >= 15 is 0 Å². The lowest BCUT2D eigenvalue weighted by Gasteiger charge is -2.05. The molecule has 0 aliphatic rings. The molecular formula is C13H14N4O4. The van der Waals surface area contributed by atoms with Crippen LogP contribution < -0.4 is 11.1 Å². The van der Waals surface area contributed by atoms with Crippen molar-refractivity contribution in [1.82, 2.24) is 10.3 Å². The maximum absolute atomic E-state index is 11.8. The largest absolute Gasteiger partial charge is 0.462 e. The van der Waals surface area contributed by atoms with Crippen LogP contribution in [0.15, 0.2) is 28.9 Å². The third kappa shape index (κ3) is 3.78. The highest BCUT2D eigenvalue weighted by molar-refractivity contribution is 5.94. The molecule has 2 aromatic rings. The van der Waals surface area contributed by atoms with Gasteiger partial charge in [0.2, 0.25) is 5.91 Å². The number of nitrogens with two attached hydrogens (primary N) is 1. The number of benzene rings is 1. The van der Waals surface area contributed by atoms with Crippen molar-refractivity contribution in [2.24, 2.45) is 0 Å². The van der Waals surface area contributed by atoms with Gasteiger partial charge in [-0.25, -0.2) is 9.42 Å². The van der Waals surface area contributed by atoms with Crippen LogP contribution in [-0.4, -0.2) is 28.8 Å². The number of hydrogen-bond donors (Lipinski definition) is 2. The fourth-order valence-electron chi connectivity index (χ4n) is 1.60. The zero-order chi connectivity index (χ0) is 15.2. The Bertz CT molecular complexity index is 636. The standard InChI is InChI=1S/C13H14N4O4/c1-2-20-13(19)8-3-5-9(6-4-8)15-11(18)7-10-12(14)17-21-16-10/h3-6H,2,7H2,1H3,(H2,14,17)(H,15,18). The lowest BCUT2D eigenvalue weighted by atomic mass is 10.2. The zero-order valence-electron chi connectivity index (χ0n) is 11.3. The van der Waals surface area contributed by atoms with Crippen LogP contribution in [0.5, 0.6) is 0 Å². The molecule has 0 atom stereocenters. The number of nitrogens with zero attached hydrogens (tertiary/aromatic N) is 2. The van der Waals surface area contributed by atoms with Gasteiger partial charge in [-0.2, -0.15) is 0 Å². The minimum Gasteiger partial charge on any atom is -0.462 e. The van der Waals surface area contributed by atoms with E-state index in [4.69, 9.17) is 10.5 Å². The van der Waals surface area contributed by atoms with Crippen molar-refractivity contribution in [3.05, 3.63) is 35.5 Å². The molecule has 1 heterocycles. The molecule has 0 unspecified atom stereocenters. The summed E-state index contributed by atoms with van der Waals surface area (Å²) in [5.74, 6) is -0.638. The first-order chi connectivity index (χ1) is 10.1. The Morgan fingerprint density at radius 1 is 1.29 bits per heavy atom. The number of nitrogen functional groups attached to an aromatic ring is 1. The third-order valence-electron chi connectivity index (χ3n) is 2.59. The van der Waals surface area contributed by atoms with Gasteiger partial charge in [0.25, 0.3) is 0 Å². The minimum absolute atomic E-state index is 0.0467. The Hall–Kier alpha value is -2.90. The van der Waals surface area contributed by atoms with Gasteiger partial charge in [0.1, 0.15) is 5.69 Å². The number of anilines is 2. The average Bonchev–Trinajstić information content (AvgIpc) is 2.85. The molecule has 8 heteroatoms. The van der Waals surface area contributed by atoms with E-state index in [-0.39, 0.29) is 23.8 Å². The molecule has 8 nitrogen and oxygen atoms in total. The molecule has 0 spiro atoms. The number of esters is 1. The lowest BCUT2D eigenvalue weighted by molar-refractivity contribution is -0.115. The fourth-order valence-corrected chi connectivity index (χ4v) is 1.60. The number of rotatable bonds is 5. The topological polar surface area (TPSA) is 120 Å². The van der Waals surface area contributed by atoms with Crippen molar-refractivity contribution in [1.29, 1.82) is 0 Å². The molecule has 0 aliphatic heterocycles. The zero-order valence-corrected chi connectivity index (χ0v) is 11.3. The normalized spacial score (nSPS) is 10.1. The molecule has 0 bridgehead atoms. The van der Waals surface area contributed by atoms with Crippen LogP contribution in [0.1, 0.15) is 23.0 Å². The van der Waals surface area contributed by atoms with Crippen molar-refractivity contribution in [3.63, 3.8) is 0 Å². The summed E-state index contributed by atoms with van der Waals surface area (Å²) < 4.78 is 9.27. The summed E-state index contributed by atoms with van der Waals surface area (Å²) in [5.41, 5.74) is 6.70.